The van der Waals surface area contributed by atoms with E-state index in [-0.39, 0.29) is 12.5 Å². The smallest absolute Gasteiger partial charge is 0.222 e. The van der Waals surface area contributed by atoms with Gasteiger partial charge in [-0.1, -0.05) is 22.0 Å². The van der Waals surface area contributed by atoms with E-state index in [0.29, 0.717) is 19.5 Å². The van der Waals surface area contributed by atoms with Crippen molar-refractivity contribution >= 4 is 21.8 Å². The van der Waals surface area contributed by atoms with E-state index in [4.69, 9.17) is 5.11 Å². The van der Waals surface area contributed by atoms with Gasteiger partial charge in [0.15, 0.2) is 0 Å². The second kappa shape index (κ2) is 9.21. The molecule has 0 aromatic carbocycles. The zero-order valence-electron chi connectivity index (χ0n) is 8.41. The molecule has 1 amide bonds. The molecule has 0 rings (SSSR count). The van der Waals surface area contributed by atoms with Crippen molar-refractivity contribution < 1.29 is 9.90 Å². The molecule has 0 unspecified atom stereocenters. The fourth-order valence-corrected chi connectivity index (χ4v) is 1.52. The zero-order chi connectivity index (χ0) is 10.8. The molecule has 0 aromatic rings. The highest BCUT2D eigenvalue weighted by Gasteiger charge is 2.10. The van der Waals surface area contributed by atoms with Gasteiger partial charge >= 0.3 is 0 Å². The highest BCUT2D eigenvalue weighted by molar-refractivity contribution is 9.09. The van der Waals surface area contributed by atoms with Crippen LogP contribution in [0.25, 0.3) is 0 Å². The Morgan fingerprint density at radius 2 is 2.21 bits per heavy atom. The van der Waals surface area contributed by atoms with E-state index in [1.807, 2.05) is 0 Å². The molecule has 82 valence electrons. The summed E-state index contributed by atoms with van der Waals surface area (Å²) in [6.45, 7) is 4.51. The first kappa shape index (κ1) is 13.7. The maximum absolute atomic E-state index is 11.5. The predicted molar refractivity (Wildman–Crippen MR) is 61.5 cm³/mol. The van der Waals surface area contributed by atoms with Crippen LogP contribution in [0.5, 0.6) is 0 Å². The van der Waals surface area contributed by atoms with E-state index in [9.17, 15) is 4.79 Å². The summed E-state index contributed by atoms with van der Waals surface area (Å²) in [6.07, 6.45) is 4.13. The van der Waals surface area contributed by atoms with Crippen LogP contribution >= 0.6 is 15.9 Å². The van der Waals surface area contributed by atoms with Crippen LogP contribution in [0.3, 0.4) is 0 Å². The predicted octanol–water partition coefficient (Wildman–Crippen LogP) is 1.56. The highest BCUT2D eigenvalue weighted by Crippen LogP contribution is 2.02. The minimum Gasteiger partial charge on any atom is -0.395 e. The SMILES string of the molecule is C=CCN(CCO)C(=O)CCCCBr. The van der Waals surface area contributed by atoms with Crippen LogP contribution in [0.1, 0.15) is 19.3 Å². The minimum absolute atomic E-state index is 0.0119. The zero-order valence-corrected chi connectivity index (χ0v) is 10.0. The highest BCUT2D eigenvalue weighted by atomic mass is 79.9. The van der Waals surface area contributed by atoms with Crippen LogP contribution in [0.2, 0.25) is 0 Å². The molecule has 0 radical (unpaired) electrons. The van der Waals surface area contributed by atoms with Crippen LogP contribution < -0.4 is 0 Å². The van der Waals surface area contributed by atoms with Crippen LogP contribution in [0.4, 0.5) is 0 Å². The normalized spacial score (nSPS) is 9.86. The first-order valence-corrected chi connectivity index (χ1v) is 5.94. The lowest BCUT2D eigenvalue weighted by Gasteiger charge is -2.19. The van der Waals surface area contributed by atoms with Crippen LogP contribution in [0.15, 0.2) is 12.7 Å². The van der Waals surface area contributed by atoms with Crippen molar-refractivity contribution in [1.82, 2.24) is 4.90 Å². The van der Waals surface area contributed by atoms with Crippen molar-refractivity contribution in [2.45, 2.75) is 19.3 Å². The molecule has 0 spiro atoms. The van der Waals surface area contributed by atoms with Gasteiger partial charge in [0.1, 0.15) is 0 Å². The van der Waals surface area contributed by atoms with Crippen molar-refractivity contribution in [2.75, 3.05) is 25.0 Å². The Hall–Kier alpha value is -0.350. The van der Waals surface area contributed by atoms with E-state index in [0.717, 1.165) is 18.2 Å². The van der Waals surface area contributed by atoms with E-state index in [1.54, 1.807) is 11.0 Å². The molecule has 0 saturated heterocycles. The van der Waals surface area contributed by atoms with Crippen molar-refractivity contribution in [1.29, 1.82) is 0 Å². The second-order valence-electron chi connectivity index (χ2n) is 3.00. The number of hydrogen-bond acceptors (Lipinski definition) is 2. The fourth-order valence-electron chi connectivity index (χ4n) is 1.12. The third kappa shape index (κ3) is 6.16. The average molecular weight is 264 g/mol. The molecule has 4 heteroatoms. The largest absolute Gasteiger partial charge is 0.395 e. The first-order chi connectivity index (χ1) is 6.76. The van der Waals surface area contributed by atoms with Crippen molar-refractivity contribution in [3.05, 3.63) is 12.7 Å². The lowest BCUT2D eigenvalue weighted by Crippen LogP contribution is -2.33. The molecular weight excluding hydrogens is 246 g/mol. The van der Waals surface area contributed by atoms with E-state index in [2.05, 4.69) is 22.5 Å². The summed E-state index contributed by atoms with van der Waals surface area (Å²) in [7, 11) is 0. The van der Waals surface area contributed by atoms with Gasteiger partial charge in [0.2, 0.25) is 5.91 Å². The molecular formula is C10H18BrNO2. The van der Waals surface area contributed by atoms with Gasteiger partial charge in [-0.25, -0.2) is 0 Å². The van der Waals surface area contributed by atoms with Gasteiger partial charge in [0.25, 0.3) is 0 Å². The van der Waals surface area contributed by atoms with Crippen LogP contribution in [-0.4, -0.2) is 40.9 Å². The summed E-state index contributed by atoms with van der Waals surface area (Å²) < 4.78 is 0. The number of hydrogen-bond donors (Lipinski definition) is 1. The van der Waals surface area contributed by atoms with Gasteiger partial charge < -0.3 is 10.0 Å². The maximum Gasteiger partial charge on any atom is 0.222 e. The number of nitrogens with zero attached hydrogens (tertiary/aromatic N) is 1. The molecule has 1 N–H and O–H groups in total. The summed E-state index contributed by atoms with van der Waals surface area (Å²) in [4.78, 5) is 13.2. The van der Waals surface area contributed by atoms with Gasteiger partial charge in [0, 0.05) is 24.8 Å². The van der Waals surface area contributed by atoms with Crippen molar-refractivity contribution in [3.63, 3.8) is 0 Å². The number of unbranched alkanes of at least 4 members (excludes halogenated alkanes) is 1. The summed E-state index contributed by atoms with van der Waals surface area (Å²) >= 11 is 3.32. The monoisotopic (exact) mass is 263 g/mol. The molecule has 14 heavy (non-hydrogen) atoms. The summed E-state index contributed by atoms with van der Waals surface area (Å²) in [5.74, 6) is 0.0971. The lowest BCUT2D eigenvalue weighted by atomic mass is 10.2. The topological polar surface area (TPSA) is 40.5 Å². The van der Waals surface area contributed by atoms with Crippen LogP contribution in [-0.2, 0) is 4.79 Å². The maximum atomic E-state index is 11.5. The van der Waals surface area contributed by atoms with Gasteiger partial charge in [-0.05, 0) is 12.8 Å². The average Bonchev–Trinajstić information content (AvgIpc) is 2.18. The van der Waals surface area contributed by atoms with Crippen molar-refractivity contribution in [2.24, 2.45) is 0 Å². The molecule has 0 atom stereocenters. The standard InChI is InChI=1S/C10H18BrNO2/c1-2-7-12(8-9-13)10(14)5-3-4-6-11/h2,13H,1,3-9H2. The Kier molecular flexibility index (Phi) is 8.98. The number of carbonyl (C=O) groups excluding carboxylic acids is 1. The third-order valence-electron chi connectivity index (χ3n) is 1.85. The number of rotatable bonds is 8. The Balaban J connectivity index is 3.81. The number of aliphatic hydroxyl groups is 1. The Bertz CT molecular complexity index is 174. The van der Waals surface area contributed by atoms with Crippen LogP contribution in [0, 0.1) is 0 Å². The Labute approximate surface area is 93.9 Å². The van der Waals surface area contributed by atoms with E-state index in [1.165, 1.54) is 0 Å². The minimum atomic E-state index is 0.0119. The fraction of sp³-hybridized carbons (Fsp3) is 0.700. The molecule has 0 fully saturated rings. The Morgan fingerprint density at radius 1 is 1.50 bits per heavy atom. The van der Waals surface area contributed by atoms with E-state index >= 15 is 0 Å². The number of alkyl halides is 1. The van der Waals surface area contributed by atoms with Gasteiger partial charge in [0.05, 0.1) is 6.61 Å². The lowest BCUT2D eigenvalue weighted by molar-refractivity contribution is -0.131. The summed E-state index contributed by atoms with van der Waals surface area (Å²) in [5, 5.41) is 9.68. The summed E-state index contributed by atoms with van der Waals surface area (Å²) in [6, 6.07) is 0. The first-order valence-electron chi connectivity index (χ1n) is 4.81. The number of halogens is 1. The van der Waals surface area contributed by atoms with Crippen molar-refractivity contribution in [3.8, 4) is 0 Å². The molecule has 0 aliphatic heterocycles. The molecule has 0 heterocycles. The number of carbonyl (C=O) groups is 1. The van der Waals surface area contributed by atoms with E-state index < -0.39 is 0 Å². The molecule has 0 bridgehead atoms. The number of amides is 1. The quantitative estimate of drug-likeness (QED) is 0.410. The van der Waals surface area contributed by atoms with Gasteiger partial charge in [-0.2, -0.15) is 0 Å². The molecule has 0 aliphatic carbocycles. The molecule has 0 aromatic heterocycles. The number of aliphatic hydroxyl groups excluding tert-OH is 1. The Morgan fingerprint density at radius 3 is 2.71 bits per heavy atom. The van der Waals surface area contributed by atoms with Gasteiger partial charge in [-0.3, -0.25) is 4.79 Å². The molecule has 0 aliphatic rings. The molecule has 0 saturated carbocycles. The van der Waals surface area contributed by atoms with Gasteiger partial charge in [-0.15, -0.1) is 6.58 Å². The molecule has 3 nitrogen and oxygen atoms in total. The second-order valence-corrected chi connectivity index (χ2v) is 3.79. The third-order valence-corrected chi connectivity index (χ3v) is 2.41. The summed E-state index contributed by atoms with van der Waals surface area (Å²) in [5.41, 5.74) is 0.